The van der Waals surface area contributed by atoms with Crippen molar-refractivity contribution in [3.63, 3.8) is 0 Å². The topological polar surface area (TPSA) is 70.6 Å². The van der Waals surface area contributed by atoms with Crippen LogP contribution in [0, 0.1) is 0 Å². The number of methoxy groups -OCH3 is 1. The van der Waals surface area contributed by atoms with Gasteiger partial charge in [0, 0.05) is 30.2 Å². The lowest BCUT2D eigenvalue weighted by molar-refractivity contribution is 0.0602. The molecule has 6 heteroatoms. The Labute approximate surface area is 181 Å². The molecule has 0 amide bonds. The van der Waals surface area contributed by atoms with Gasteiger partial charge in [-0.05, 0) is 29.3 Å². The molecule has 5 nitrogen and oxygen atoms in total. The summed E-state index contributed by atoms with van der Waals surface area (Å²) in [5, 5.41) is 17.5. The first-order valence-electron chi connectivity index (χ1n) is 9.75. The molecule has 156 valence electrons. The Kier molecular flexibility index (Phi) is 7.85. The summed E-state index contributed by atoms with van der Waals surface area (Å²) >= 11 is 5.98. The van der Waals surface area contributed by atoms with Crippen LogP contribution in [0.3, 0.4) is 0 Å². The second kappa shape index (κ2) is 10.8. The van der Waals surface area contributed by atoms with Gasteiger partial charge in [-0.25, -0.2) is 4.79 Å². The second-order valence-corrected chi connectivity index (χ2v) is 7.22. The largest absolute Gasteiger partial charge is 0.465 e. The summed E-state index contributed by atoms with van der Waals surface area (Å²) in [6.45, 7) is 1.56. The molecule has 3 aromatic rings. The van der Waals surface area contributed by atoms with E-state index in [1.807, 2.05) is 54.6 Å². The molecule has 0 saturated carbocycles. The molecule has 0 radical (unpaired) electrons. The zero-order chi connectivity index (χ0) is 21.3. The third-order valence-corrected chi connectivity index (χ3v) is 4.96. The van der Waals surface area contributed by atoms with E-state index in [9.17, 15) is 9.90 Å². The second-order valence-electron chi connectivity index (χ2n) is 6.79. The van der Waals surface area contributed by atoms with Crippen molar-refractivity contribution < 1.29 is 14.6 Å². The summed E-state index contributed by atoms with van der Waals surface area (Å²) in [6.07, 6.45) is -0.647. The number of hydrogen-bond acceptors (Lipinski definition) is 5. The van der Waals surface area contributed by atoms with Crippen LogP contribution in [0.1, 0.15) is 22.0 Å². The summed E-state index contributed by atoms with van der Waals surface area (Å²) < 4.78 is 4.95. The summed E-state index contributed by atoms with van der Waals surface area (Å²) in [7, 11) is 1.38. The van der Waals surface area contributed by atoms with Crippen molar-refractivity contribution in [2.75, 3.05) is 32.1 Å². The van der Waals surface area contributed by atoms with Crippen LogP contribution in [0.15, 0.2) is 72.8 Å². The highest BCUT2D eigenvalue weighted by molar-refractivity contribution is 6.30. The fourth-order valence-corrected chi connectivity index (χ4v) is 3.43. The number of rotatable bonds is 9. The highest BCUT2D eigenvalue weighted by Gasteiger charge is 2.16. The van der Waals surface area contributed by atoms with E-state index in [1.165, 1.54) is 7.11 Å². The molecule has 0 aliphatic rings. The minimum absolute atomic E-state index is 0.389. The fraction of sp³-hybridized carbons (Fsp3) is 0.208. The molecule has 3 rings (SSSR count). The van der Waals surface area contributed by atoms with E-state index in [0.717, 1.165) is 22.4 Å². The van der Waals surface area contributed by atoms with Crippen molar-refractivity contribution in [2.24, 2.45) is 0 Å². The maximum absolute atomic E-state index is 12.3. The Bertz CT molecular complexity index is 979. The lowest BCUT2D eigenvalue weighted by Gasteiger charge is -2.17. The molecule has 0 heterocycles. The van der Waals surface area contributed by atoms with Crippen LogP contribution in [0.25, 0.3) is 11.1 Å². The number of esters is 1. The summed E-state index contributed by atoms with van der Waals surface area (Å²) in [4.78, 5) is 12.3. The third-order valence-electron chi connectivity index (χ3n) is 4.73. The van der Waals surface area contributed by atoms with Gasteiger partial charge in [0.25, 0.3) is 0 Å². The maximum Gasteiger partial charge on any atom is 0.339 e. The predicted molar refractivity (Wildman–Crippen MR) is 121 cm³/mol. The third kappa shape index (κ3) is 5.60. The Balaban J connectivity index is 1.65. The highest BCUT2D eigenvalue weighted by atomic mass is 35.5. The molecule has 1 atom stereocenters. The number of para-hydroxylation sites is 1. The van der Waals surface area contributed by atoms with Crippen LogP contribution in [0.4, 0.5) is 5.69 Å². The average molecular weight is 425 g/mol. The predicted octanol–water partition coefficient (Wildman–Crippen LogP) is 4.53. The Hall–Kier alpha value is -2.86. The van der Waals surface area contributed by atoms with Crippen LogP contribution in [0.2, 0.25) is 5.02 Å². The number of nitrogens with one attached hydrogen (secondary N) is 2. The monoisotopic (exact) mass is 424 g/mol. The molecular weight excluding hydrogens is 400 g/mol. The van der Waals surface area contributed by atoms with Gasteiger partial charge < -0.3 is 20.5 Å². The Morgan fingerprint density at radius 2 is 1.80 bits per heavy atom. The van der Waals surface area contributed by atoms with Gasteiger partial charge in [0.15, 0.2) is 0 Å². The maximum atomic E-state index is 12.3. The van der Waals surface area contributed by atoms with Gasteiger partial charge in [-0.2, -0.15) is 0 Å². The van der Waals surface area contributed by atoms with Crippen molar-refractivity contribution in [1.82, 2.24) is 5.32 Å². The molecule has 3 N–H and O–H groups in total. The zero-order valence-corrected chi connectivity index (χ0v) is 17.5. The number of carbonyl (C=O) groups is 1. The van der Waals surface area contributed by atoms with Gasteiger partial charge in [-0.3, -0.25) is 0 Å². The van der Waals surface area contributed by atoms with Gasteiger partial charge in [-0.1, -0.05) is 66.2 Å². The van der Waals surface area contributed by atoms with E-state index in [4.69, 9.17) is 16.3 Å². The lowest BCUT2D eigenvalue weighted by Crippen LogP contribution is -2.27. The van der Waals surface area contributed by atoms with Crippen molar-refractivity contribution in [3.8, 4) is 11.1 Å². The number of benzene rings is 3. The quantitative estimate of drug-likeness (QED) is 0.348. The molecule has 0 aliphatic carbocycles. The number of aliphatic hydroxyl groups is 1. The first-order chi connectivity index (χ1) is 14.6. The highest BCUT2D eigenvalue weighted by Crippen LogP contribution is 2.31. The first kappa shape index (κ1) is 21.8. The van der Waals surface area contributed by atoms with Crippen molar-refractivity contribution in [3.05, 3.63) is 88.9 Å². The van der Waals surface area contributed by atoms with Crippen LogP contribution in [-0.2, 0) is 4.74 Å². The average Bonchev–Trinajstić information content (AvgIpc) is 2.78. The fourth-order valence-electron chi connectivity index (χ4n) is 3.23. The number of anilines is 1. The zero-order valence-electron chi connectivity index (χ0n) is 16.8. The standard InChI is InChI=1S/C24H25ClN2O3/c1-30-24(29)21-12-6-11-20(17-7-3-2-4-8-17)23(21)27-14-13-26-16-22(28)18-9-5-10-19(25)15-18/h2-12,15,22,26-28H,13-14,16H2,1H3. The van der Waals surface area contributed by atoms with Crippen LogP contribution >= 0.6 is 11.6 Å². The number of halogens is 1. The Morgan fingerprint density at radius 1 is 1.03 bits per heavy atom. The minimum Gasteiger partial charge on any atom is -0.465 e. The van der Waals surface area contributed by atoms with E-state index in [1.54, 1.807) is 18.2 Å². The number of aliphatic hydroxyl groups excluding tert-OH is 1. The van der Waals surface area contributed by atoms with Gasteiger partial charge in [-0.15, -0.1) is 0 Å². The molecule has 0 spiro atoms. The van der Waals surface area contributed by atoms with E-state index < -0.39 is 6.10 Å². The molecule has 0 fully saturated rings. The SMILES string of the molecule is COC(=O)c1cccc(-c2ccccc2)c1NCCNCC(O)c1cccc(Cl)c1. The lowest BCUT2D eigenvalue weighted by atomic mass is 10.00. The molecule has 1 unspecified atom stereocenters. The van der Waals surface area contributed by atoms with E-state index in [0.29, 0.717) is 30.2 Å². The minimum atomic E-state index is -0.647. The van der Waals surface area contributed by atoms with Crippen LogP contribution in [-0.4, -0.2) is 37.8 Å². The summed E-state index contributed by atoms with van der Waals surface area (Å²) in [5.41, 5.74) is 3.92. The van der Waals surface area contributed by atoms with Gasteiger partial charge >= 0.3 is 5.97 Å². The first-order valence-corrected chi connectivity index (χ1v) is 10.1. The molecule has 0 aliphatic heterocycles. The summed E-state index contributed by atoms with van der Waals surface area (Å²) in [6, 6.07) is 22.6. The molecule has 30 heavy (non-hydrogen) atoms. The van der Waals surface area contributed by atoms with Gasteiger partial charge in [0.1, 0.15) is 0 Å². The molecule has 0 aromatic heterocycles. The molecule has 0 saturated heterocycles. The van der Waals surface area contributed by atoms with E-state index in [-0.39, 0.29) is 5.97 Å². The van der Waals surface area contributed by atoms with Crippen molar-refractivity contribution in [2.45, 2.75) is 6.10 Å². The van der Waals surface area contributed by atoms with E-state index in [2.05, 4.69) is 10.6 Å². The van der Waals surface area contributed by atoms with Crippen molar-refractivity contribution in [1.29, 1.82) is 0 Å². The smallest absolute Gasteiger partial charge is 0.339 e. The molecular formula is C24H25ClN2O3. The van der Waals surface area contributed by atoms with Gasteiger partial charge in [0.2, 0.25) is 0 Å². The summed E-state index contributed by atoms with van der Waals surface area (Å²) in [5.74, 6) is -0.389. The Morgan fingerprint density at radius 3 is 2.53 bits per heavy atom. The number of hydrogen-bond donors (Lipinski definition) is 3. The normalized spacial score (nSPS) is 11.7. The van der Waals surface area contributed by atoms with Crippen LogP contribution in [0.5, 0.6) is 0 Å². The van der Waals surface area contributed by atoms with E-state index >= 15 is 0 Å². The molecule has 0 bridgehead atoms. The number of ether oxygens (including phenoxy) is 1. The molecule has 3 aromatic carbocycles. The van der Waals surface area contributed by atoms with Crippen molar-refractivity contribution >= 4 is 23.3 Å². The van der Waals surface area contributed by atoms with Crippen LogP contribution < -0.4 is 10.6 Å². The van der Waals surface area contributed by atoms with Gasteiger partial charge in [0.05, 0.1) is 24.5 Å². The number of carbonyl (C=O) groups excluding carboxylic acids is 1.